The molecule has 2 aromatic rings. The topological polar surface area (TPSA) is 31.9 Å². The lowest BCUT2D eigenvalue weighted by Gasteiger charge is -2.21. The molecule has 3 nitrogen and oxygen atoms in total. The van der Waals surface area contributed by atoms with Crippen LogP contribution in [0.15, 0.2) is 24.3 Å². The molecule has 0 radical (unpaired) electrons. The molecule has 0 saturated heterocycles. The van der Waals surface area contributed by atoms with Crippen LogP contribution >= 0.6 is 11.6 Å². The van der Waals surface area contributed by atoms with Crippen molar-refractivity contribution >= 4 is 28.1 Å². The number of nitrogens with one attached hydrogen (secondary N) is 1. The Morgan fingerprint density at radius 2 is 2.29 bits per heavy atom. The second-order valence-electron chi connectivity index (χ2n) is 4.48. The molecule has 0 atom stereocenters. The molecule has 0 saturated carbocycles. The van der Waals surface area contributed by atoms with Crippen LogP contribution in [0, 0.1) is 0 Å². The lowest BCUT2D eigenvalue weighted by atomic mass is 10.0. The first kappa shape index (κ1) is 10.8. The summed E-state index contributed by atoms with van der Waals surface area (Å²) in [5.74, 6) is 0. The number of rotatable bonds is 1. The highest BCUT2D eigenvalue weighted by molar-refractivity contribution is 6.35. The first-order valence-corrected chi connectivity index (χ1v) is 6.14. The number of aromatic nitrogens is 2. The summed E-state index contributed by atoms with van der Waals surface area (Å²) in [7, 11) is 2.13. The molecular formula is C13H14ClN3. The van der Waals surface area contributed by atoms with E-state index in [9.17, 15) is 0 Å². The van der Waals surface area contributed by atoms with E-state index in [1.54, 1.807) is 0 Å². The number of benzene rings is 1. The maximum Gasteiger partial charge on any atom is 0.0957 e. The molecule has 1 aliphatic heterocycles. The van der Waals surface area contributed by atoms with Gasteiger partial charge in [0.2, 0.25) is 0 Å². The third-order valence-corrected chi connectivity index (χ3v) is 3.58. The van der Waals surface area contributed by atoms with Crippen molar-refractivity contribution in [3.63, 3.8) is 0 Å². The van der Waals surface area contributed by atoms with Crippen molar-refractivity contribution in [2.45, 2.75) is 6.42 Å². The summed E-state index contributed by atoms with van der Waals surface area (Å²) in [5, 5.41) is 9.29. The van der Waals surface area contributed by atoms with Crippen molar-refractivity contribution in [2.75, 3.05) is 20.1 Å². The Morgan fingerprint density at radius 3 is 3.06 bits per heavy atom. The molecule has 3 rings (SSSR count). The molecule has 1 aliphatic rings. The largest absolute Gasteiger partial charge is 0.302 e. The van der Waals surface area contributed by atoms with E-state index in [4.69, 9.17) is 11.6 Å². The molecule has 4 heteroatoms. The Bertz CT molecular complexity index is 585. The van der Waals surface area contributed by atoms with Crippen molar-refractivity contribution in [1.82, 2.24) is 15.1 Å². The first-order valence-electron chi connectivity index (χ1n) is 5.76. The highest BCUT2D eigenvalue weighted by Gasteiger charge is 2.15. The van der Waals surface area contributed by atoms with Crippen LogP contribution in [0.1, 0.15) is 12.1 Å². The third-order valence-electron chi connectivity index (χ3n) is 3.26. The van der Waals surface area contributed by atoms with Crippen molar-refractivity contribution in [2.24, 2.45) is 0 Å². The molecule has 88 valence electrons. The van der Waals surface area contributed by atoms with Gasteiger partial charge in [-0.15, -0.1) is 0 Å². The molecule has 17 heavy (non-hydrogen) atoms. The summed E-state index contributed by atoms with van der Waals surface area (Å²) >= 11 is 6.13. The van der Waals surface area contributed by atoms with E-state index in [1.165, 1.54) is 5.57 Å². The van der Waals surface area contributed by atoms with Crippen LogP contribution in [0.5, 0.6) is 0 Å². The molecule has 1 aromatic heterocycles. The normalized spacial score (nSPS) is 17.4. The standard InChI is InChI=1S/C13H14ClN3/c1-17-7-5-9(6-8-17)12-10-3-2-4-11(14)13(10)16-15-12/h2-5H,6-8H2,1H3,(H,15,16). The highest BCUT2D eigenvalue weighted by atomic mass is 35.5. The fourth-order valence-electron chi connectivity index (χ4n) is 2.24. The van der Waals surface area contributed by atoms with E-state index < -0.39 is 0 Å². The zero-order chi connectivity index (χ0) is 11.8. The molecule has 0 fully saturated rings. The lowest BCUT2D eigenvalue weighted by Crippen LogP contribution is -2.23. The number of nitrogens with zero attached hydrogens (tertiary/aromatic N) is 2. The van der Waals surface area contributed by atoms with E-state index in [-0.39, 0.29) is 0 Å². The number of H-pyrrole nitrogens is 1. The summed E-state index contributed by atoms with van der Waals surface area (Å²) in [6.07, 6.45) is 3.29. The van der Waals surface area contributed by atoms with Crippen molar-refractivity contribution in [1.29, 1.82) is 0 Å². The Hall–Kier alpha value is -1.32. The van der Waals surface area contributed by atoms with Crippen LogP contribution in [0.3, 0.4) is 0 Å². The molecule has 0 bridgehead atoms. The van der Waals surface area contributed by atoms with E-state index >= 15 is 0 Å². The predicted molar refractivity (Wildman–Crippen MR) is 71.2 cm³/mol. The zero-order valence-corrected chi connectivity index (χ0v) is 10.5. The van der Waals surface area contributed by atoms with Gasteiger partial charge >= 0.3 is 0 Å². The van der Waals surface area contributed by atoms with Gasteiger partial charge in [0.1, 0.15) is 0 Å². The number of likely N-dealkylation sites (N-methyl/N-ethyl adjacent to an activating group) is 1. The monoisotopic (exact) mass is 247 g/mol. The second-order valence-corrected chi connectivity index (χ2v) is 4.88. The van der Waals surface area contributed by atoms with E-state index in [0.717, 1.165) is 41.1 Å². The molecular weight excluding hydrogens is 234 g/mol. The number of para-hydroxylation sites is 1. The van der Waals surface area contributed by atoms with Crippen LogP contribution in [0.4, 0.5) is 0 Å². The van der Waals surface area contributed by atoms with E-state index in [2.05, 4.69) is 34.3 Å². The van der Waals surface area contributed by atoms with Gasteiger partial charge in [-0.1, -0.05) is 29.8 Å². The number of fused-ring (bicyclic) bond motifs is 1. The Balaban J connectivity index is 2.10. The minimum Gasteiger partial charge on any atom is -0.302 e. The summed E-state index contributed by atoms with van der Waals surface area (Å²) in [4.78, 5) is 2.30. The van der Waals surface area contributed by atoms with Crippen molar-refractivity contribution in [3.05, 3.63) is 35.0 Å². The summed E-state index contributed by atoms with van der Waals surface area (Å²) in [6.45, 7) is 2.07. The fourth-order valence-corrected chi connectivity index (χ4v) is 2.45. The average molecular weight is 248 g/mol. The Morgan fingerprint density at radius 1 is 1.41 bits per heavy atom. The fraction of sp³-hybridized carbons (Fsp3) is 0.308. The van der Waals surface area contributed by atoms with Gasteiger partial charge in [0.25, 0.3) is 0 Å². The number of aromatic amines is 1. The molecule has 2 heterocycles. The maximum absolute atomic E-state index is 6.13. The van der Waals surface area contributed by atoms with Gasteiger partial charge in [-0.25, -0.2) is 0 Å². The Labute approximate surface area is 105 Å². The predicted octanol–water partition coefficient (Wildman–Crippen LogP) is 2.94. The minimum atomic E-state index is 0.731. The summed E-state index contributed by atoms with van der Waals surface area (Å²) in [6, 6.07) is 5.92. The molecule has 0 amide bonds. The molecule has 0 unspecified atom stereocenters. The van der Waals surface area contributed by atoms with Gasteiger partial charge in [-0.2, -0.15) is 5.10 Å². The molecule has 1 aromatic carbocycles. The Kier molecular flexibility index (Phi) is 2.65. The molecule has 0 aliphatic carbocycles. The third kappa shape index (κ3) is 1.85. The highest BCUT2D eigenvalue weighted by Crippen LogP contribution is 2.30. The quantitative estimate of drug-likeness (QED) is 0.840. The first-order chi connectivity index (χ1) is 8.25. The number of hydrogen-bond acceptors (Lipinski definition) is 2. The second kappa shape index (κ2) is 4.17. The summed E-state index contributed by atoms with van der Waals surface area (Å²) in [5.41, 5.74) is 3.30. The van der Waals surface area contributed by atoms with Gasteiger partial charge in [0.15, 0.2) is 0 Å². The van der Waals surface area contributed by atoms with Gasteiger partial charge in [-0.3, -0.25) is 5.10 Å². The minimum absolute atomic E-state index is 0.731. The molecule has 1 N–H and O–H groups in total. The van der Waals surface area contributed by atoms with Gasteiger partial charge in [0, 0.05) is 18.5 Å². The summed E-state index contributed by atoms with van der Waals surface area (Å²) < 4.78 is 0. The number of halogens is 1. The van der Waals surface area contributed by atoms with Crippen LogP contribution in [-0.4, -0.2) is 35.2 Å². The van der Waals surface area contributed by atoms with Gasteiger partial charge < -0.3 is 4.90 Å². The van der Waals surface area contributed by atoms with Crippen LogP contribution in [-0.2, 0) is 0 Å². The van der Waals surface area contributed by atoms with E-state index in [1.807, 2.05) is 12.1 Å². The SMILES string of the molecule is CN1CC=C(c2n[nH]c3c(Cl)cccc23)CC1. The zero-order valence-electron chi connectivity index (χ0n) is 9.70. The van der Waals surface area contributed by atoms with Crippen LogP contribution < -0.4 is 0 Å². The van der Waals surface area contributed by atoms with Crippen molar-refractivity contribution in [3.8, 4) is 0 Å². The molecule has 0 spiro atoms. The number of hydrogen-bond donors (Lipinski definition) is 1. The van der Waals surface area contributed by atoms with Crippen molar-refractivity contribution < 1.29 is 0 Å². The van der Waals surface area contributed by atoms with Crippen LogP contribution in [0.2, 0.25) is 5.02 Å². The smallest absolute Gasteiger partial charge is 0.0957 e. The van der Waals surface area contributed by atoms with Gasteiger partial charge in [0.05, 0.1) is 16.2 Å². The van der Waals surface area contributed by atoms with Crippen LogP contribution in [0.25, 0.3) is 16.5 Å². The van der Waals surface area contributed by atoms with Gasteiger partial charge in [-0.05, 0) is 25.1 Å². The van der Waals surface area contributed by atoms with E-state index in [0.29, 0.717) is 0 Å². The average Bonchev–Trinajstić information content (AvgIpc) is 2.75. The maximum atomic E-state index is 6.13. The lowest BCUT2D eigenvalue weighted by molar-refractivity contribution is 0.370.